The topological polar surface area (TPSA) is 70.9 Å². The highest BCUT2D eigenvalue weighted by atomic mass is 32.1. The number of hydrogen-bond donors (Lipinski definition) is 3. The summed E-state index contributed by atoms with van der Waals surface area (Å²) in [4.78, 5) is 13.6. The van der Waals surface area contributed by atoms with Crippen molar-refractivity contribution in [3.05, 3.63) is 56.6 Å². The number of H-pyrrole nitrogens is 1. The van der Waals surface area contributed by atoms with Crippen LogP contribution in [0.3, 0.4) is 0 Å². The lowest BCUT2D eigenvalue weighted by atomic mass is 10.1. The molecule has 17 heavy (non-hydrogen) atoms. The molecule has 1 aromatic heterocycles. The number of rotatable bonds is 5. The van der Waals surface area contributed by atoms with Gasteiger partial charge in [0.1, 0.15) is 0 Å². The molecule has 1 atom stereocenters. The molecule has 2 rings (SSSR count). The second kappa shape index (κ2) is 5.77. The Morgan fingerprint density at radius 1 is 1.35 bits per heavy atom. The standard InChI is InChI=1S/C12H15N3OS/c13-11(9-4-2-1-3-5-9)7-14-6-10-8-17-12(16)15-10/h1-5,8,11,14H,6-7,13H2,(H,15,16)/t11-/m1/s1. The van der Waals surface area contributed by atoms with E-state index in [9.17, 15) is 4.79 Å². The molecule has 0 fully saturated rings. The summed E-state index contributed by atoms with van der Waals surface area (Å²) < 4.78 is 0. The van der Waals surface area contributed by atoms with E-state index < -0.39 is 0 Å². The molecule has 4 nitrogen and oxygen atoms in total. The van der Waals surface area contributed by atoms with Gasteiger partial charge in [-0.05, 0) is 5.56 Å². The van der Waals surface area contributed by atoms with Gasteiger partial charge in [-0.25, -0.2) is 0 Å². The Kier molecular flexibility index (Phi) is 4.08. The van der Waals surface area contributed by atoms with Crippen LogP contribution in [0.2, 0.25) is 0 Å². The number of aromatic nitrogens is 1. The summed E-state index contributed by atoms with van der Waals surface area (Å²) in [7, 11) is 0. The lowest BCUT2D eigenvalue weighted by molar-refractivity contribution is 0.593. The van der Waals surface area contributed by atoms with Gasteiger partial charge in [-0.3, -0.25) is 4.79 Å². The highest BCUT2D eigenvalue weighted by molar-refractivity contribution is 7.07. The molecular weight excluding hydrogens is 234 g/mol. The maximum absolute atomic E-state index is 10.9. The van der Waals surface area contributed by atoms with Crippen LogP contribution in [0.15, 0.2) is 40.5 Å². The highest BCUT2D eigenvalue weighted by Gasteiger charge is 2.04. The van der Waals surface area contributed by atoms with Gasteiger partial charge in [0.25, 0.3) is 0 Å². The second-order valence-electron chi connectivity index (χ2n) is 3.82. The third-order valence-electron chi connectivity index (χ3n) is 2.48. The molecule has 0 unspecified atom stereocenters. The van der Waals surface area contributed by atoms with Crippen LogP contribution in [0.1, 0.15) is 17.3 Å². The van der Waals surface area contributed by atoms with E-state index in [2.05, 4.69) is 10.3 Å². The molecule has 90 valence electrons. The van der Waals surface area contributed by atoms with E-state index in [1.807, 2.05) is 35.7 Å². The first-order chi connectivity index (χ1) is 8.25. The van der Waals surface area contributed by atoms with Crippen molar-refractivity contribution in [2.75, 3.05) is 6.54 Å². The van der Waals surface area contributed by atoms with Crippen LogP contribution in [0.4, 0.5) is 0 Å². The predicted octanol–water partition coefficient (Wildman–Crippen LogP) is 1.23. The average molecular weight is 249 g/mol. The summed E-state index contributed by atoms with van der Waals surface area (Å²) in [5.74, 6) is 0. The largest absolute Gasteiger partial charge is 0.323 e. The van der Waals surface area contributed by atoms with Crippen LogP contribution >= 0.6 is 11.3 Å². The molecule has 0 saturated carbocycles. The van der Waals surface area contributed by atoms with Crippen molar-refractivity contribution in [3.63, 3.8) is 0 Å². The maximum Gasteiger partial charge on any atom is 0.304 e. The monoisotopic (exact) mass is 249 g/mol. The summed E-state index contributed by atoms with van der Waals surface area (Å²) in [5.41, 5.74) is 8.05. The smallest absolute Gasteiger partial charge is 0.304 e. The SMILES string of the molecule is N[C@H](CNCc1csc(=O)[nH]1)c1ccccc1. The Morgan fingerprint density at radius 2 is 2.12 bits per heavy atom. The van der Waals surface area contributed by atoms with Crippen molar-refractivity contribution in [1.29, 1.82) is 0 Å². The van der Waals surface area contributed by atoms with E-state index in [-0.39, 0.29) is 10.9 Å². The second-order valence-corrected chi connectivity index (χ2v) is 4.66. The van der Waals surface area contributed by atoms with Crippen LogP contribution in [-0.4, -0.2) is 11.5 Å². The summed E-state index contributed by atoms with van der Waals surface area (Å²) in [6.45, 7) is 1.32. The minimum Gasteiger partial charge on any atom is -0.323 e. The number of nitrogens with two attached hydrogens (primary N) is 1. The molecule has 4 N–H and O–H groups in total. The summed E-state index contributed by atoms with van der Waals surface area (Å²) in [5, 5.41) is 5.05. The normalized spacial score (nSPS) is 12.5. The number of benzene rings is 1. The van der Waals surface area contributed by atoms with Crippen LogP contribution < -0.4 is 15.9 Å². The first kappa shape index (κ1) is 12.0. The Hall–Kier alpha value is -1.43. The fraction of sp³-hybridized carbons (Fsp3) is 0.250. The fourth-order valence-corrected chi connectivity index (χ4v) is 2.16. The van der Waals surface area contributed by atoms with Gasteiger partial charge in [-0.2, -0.15) is 0 Å². The van der Waals surface area contributed by atoms with Crippen molar-refractivity contribution in [3.8, 4) is 0 Å². The highest BCUT2D eigenvalue weighted by Crippen LogP contribution is 2.08. The fourth-order valence-electron chi connectivity index (χ4n) is 1.58. The third kappa shape index (κ3) is 3.52. The van der Waals surface area contributed by atoms with Crippen LogP contribution in [0.5, 0.6) is 0 Å². The van der Waals surface area contributed by atoms with E-state index in [0.717, 1.165) is 11.3 Å². The molecule has 0 spiro atoms. The Bertz CT molecular complexity index is 506. The van der Waals surface area contributed by atoms with Crippen molar-refractivity contribution in [2.24, 2.45) is 5.73 Å². The Morgan fingerprint density at radius 3 is 2.76 bits per heavy atom. The number of aromatic amines is 1. The molecule has 5 heteroatoms. The predicted molar refractivity (Wildman–Crippen MR) is 70.0 cm³/mol. The van der Waals surface area contributed by atoms with Gasteiger partial charge in [0.15, 0.2) is 0 Å². The van der Waals surface area contributed by atoms with Gasteiger partial charge >= 0.3 is 4.87 Å². The van der Waals surface area contributed by atoms with Gasteiger partial charge in [-0.15, -0.1) is 0 Å². The zero-order chi connectivity index (χ0) is 12.1. The molecule has 1 heterocycles. The summed E-state index contributed by atoms with van der Waals surface area (Å²) in [6, 6.07) is 9.93. The molecule has 0 bridgehead atoms. The molecule has 1 aromatic carbocycles. The van der Waals surface area contributed by atoms with E-state index in [1.54, 1.807) is 0 Å². The zero-order valence-electron chi connectivity index (χ0n) is 9.35. The quantitative estimate of drug-likeness (QED) is 0.746. The summed E-state index contributed by atoms with van der Waals surface area (Å²) >= 11 is 1.18. The van der Waals surface area contributed by atoms with Crippen molar-refractivity contribution < 1.29 is 0 Å². The summed E-state index contributed by atoms with van der Waals surface area (Å²) in [6.07, 6.45) is 0. The van der Waals surface area contributed by atoms with Crippen molar-refractivity contribution >= 4 is 11.3 Å². The van der Waals surface area contributed by atoms with Gasteiger partial charge < -0.3 is 16.0 Å². The van der Waals surface area contributed by atoms with Gasteiger partial charge in [0, 0.05) is 30.2 Å². The maximum atomic E-state index is 10.9. The molecular formula is C12H15N3OS. The van der Waals surface area contributed by atoms with Crippen molar-refractivity contribution in [1.82, 2.24) is 10.3 Å². The third-order valence-corrected chi connectivity index (χ3v) is 3.20. The minimum absolute atomic E-state index is 0.0193. The number of nitrogens with one attached hydrogen (secondary N) is 2. The molecule has 0 radical (unpaired) electrons. The van der Waals surface area contributed by atoms with Gasteiger partial charge in [0.05, 0.1) is 0 Å². The minimum atomic E-state index is -0.0263. The molecule has 0 aliphatic rings. The van der Waals surface area contributed by atoms with E-state index in [4.69, 9.17) is 5.73 Å². The number of thiazole rings is 1. The first-order valence-corrected chi connectivity index (χ1v) is 6.31. The van der Waals surface area contributed by atoms with E-state index >= 15 is 0 Å². The molecule has 0 saturated heterocycles. The van der Waals surface area contributed by atoms with E-state index in [0.29, 0.717) is 13.1 Å². The Balaban J connectivity index is 1.81. The Labute approximate surface area is 103 Å². The van der Waals surface area contributed by atoms with Gasteiger partial charge in [-0.1, -0.05) is 41.7 Å². The van der Waals surface area contributed by atoms with Crippen molar-refractivity contribution in [2.45, 2.75) is 12.6 Å². The molecule has 0 aliphatic heterocycles. The number of hydrogen-bond acceptors (Lipinski definition) is 4. The average Bonchev–Trinajstić information content (AvgIpc) is 2.76. The molecule has 2 aromatic rings. The lowest BCUT2D eigenvalue weighted by Gasteiger charge is -2.12. The molecule has 0 aliphatic carbocycles. The molecule has 0 amide bonds. The lowest BCUT2D eigenvalue weighted by Crippen LogP contribution is -2.26. The zero-order valence-corrected chi connectivity index (χ0v) is 10.2. The van der Waals surface area contributed by atoms with Gasteiger partial charge in [0.2, 0.25) is 0 Å². The van der Waals surface area contributed by atoms with Crippen LogP contribution in [-0.2, 0) is 6.54 Å². The first-order valence-electron chi connectivity index (χ1n) is 5.43. The van der Waals surface area contributed by atoms with Crippen LogP contribution in [0.25, 0.3) is 0 Å². The van der Waals surface area contributed by atoms with Crippen LogP contribution in [0, 0.1) is 0 Å². The van der Waals surface area contributed by atoms with E-state index in [1.165, 1.54) is 11.3 Å².